The maximum Gasteiger partial charge on any atom is 0.291 e. The largest absolute Gasteiger partial charge is 0.393 e. The van der Waals surface area contributed by atoms with Crippen LogP contribution in [-0.4, -0.2) is 27.5 Å². The minimum Gasteiger partial charge on any atom is -0.393 e. The maximum atomic E-state index is 12.2. The van der Waals surface area contributed by atoms with Crippen molar-refractivity contribution in [2.45, 2.75) is 45.3 Å². The van der Waals surface area contributed by atoms with E-state index in [9.17, 15) is 9.90 Å². The van der Waals surface area contributed by atoms with Crippen molar-refractivity contribution in [3.05, 3.63) is 21.6 Å². The van der Waals surface area contributed by atoms with E-state index in [2.05, 4.69) is 10.4 Å². The molecule has 2 N–H and O–H groups in total. The van der Waals surface area contributed by atoms with Crippen LogP contribution >= 0.6 is 11.6 Å². The zero-order valence-corrected chi connectivity index (χ0v) is 11.9. The van der Waals surface area contributed by atoms with Crippen LogP contribution in [0, 0.1) is 5.92 Å². The Kier molecular flexibility index (Phi) is 4.82. The molecule has 1 fully saturated rings. The summed E-state index contributed by atoms with van der Waals surface area (Å²) < 4.78 is 1.49. The third kappa shape index (κ3) is 3.70. The molecule has 1 aromatic rings. The summed E-state index contributed by atoms with van der Waals surface area (Å²) in [5.74, 6) is 0.566. The summed E-state index contributed by atoms with van der Waals surface area (Å²) in [4.78, 5) is 12.2. The van der Waals surface area contributed by atoms with Gasteiger partial charge in [-0.1, -0.05) is 18.0 Å². The predicted molar refractivity (Wildman–Crippen MR) is 75.6 cm³/mol. The number of nitrogens with zero attached hydrogens (tertiary/aromatic N) is 2. The Morgan fingerprint density at radius 1 is 1.63 bits per heavy atom. The lowest BCUT2D eigenvalue weighted by atomic mass is 9.85. The van der Waals surface area contributed by atoms with Gasteiger partial charge >= 0.3 is 0 Å². The zero-order chi connectivity index (χ0) is 13.8. The van der Waals surface area contributed by atoms with Crippen LogP contribution in [0.3, 0.4) is 0 Å². The van der Waals surface area contributed by atoms with Gasteiger partial charge in [-0.2, -0.15) is 5.10 Å². The Hall–Kier alpha value is -1.07. The topological polar surface area (TPSA) is 67.2 Å². The van der Waals surface area contributed by atoms with Crippen molar-refractivity contribution in [3.8, 4) is 0 Å². The van der Waals surface area contributed by atoms with Crippen molar-refractivity contribution >= 4 is 17.3 Å². The van der Waals surface area contributed by atoms with Gasteiger partial charge in [-0.15, -0.1) is 0 Å². The maximum absolute atomic E-state index is 12.2. The zero-order valence-electron chi connectivity index (χ0n) is 11.1. The third-order valence-electron chi connectivity index (χ3n) is 3.52. The fourth-order valence-electron chi connectivity index (χ4n) is 2.08. The average molecular weight is 286 g/mol. The molecule has 19 heavy (non-hydrogen) atoms. The molecule has 1 heterocycles. The quantitative estimate of drug-likeness (QED) is 0.837. The van der Waals surface area contributed by atoms with Crippen molar-refractivity contribution in [3.63, 3.8) is 0 Å². The van der Waals surface area contributed by atoms with Gasteiger partial charge in [0.1, 0.15) is 5.69 Å². The van der Waals surface area contributed by atoms with Gasteiger partial charge in [0, 0.05) is 13.1 Å². The van der Waals surface area contributed by atoms with Crippen LogP contribution < -0.4 is 10.9 Å². The van der Waals surface area contributed by atoms with Gasteiger partial charge in [0.25, 0.3) is 5.56 Å². The fourth-order valence-corrected chi connectivity index (χ4v) is 2.28. The van der Waals surface area contributed by atoms with Crippen molar-refractivity contribution in [2.75, 3.05) is 11.9 Å². The highest BCUT2D eigenvalue weighted by atomic mass is 35.5. The molecular weight excluding hydrogens is 266 g/mol. The highest BCUT2D eigenvalue weighted by Gasteiger charge is 2.20. The molecule has 0 amide bonds. The molecule has 1 unspecified atom stereocenters. The summed E-state index contributed by atoms with van der Waals surface area (Å²) in [6, 6.07) is 0. The van der Waals surface area contributed by atoms with Gasteiger partial charge in [0.2, 0.25) is 0 Å². The molecule has 0 bridgehead atoms. The number of aliphatic hydroxyl groups is 1. The van der Waals surface area contributed by atoms with Crippen LogP contribution in [0.1, 0.15) is 32.6 Å². The summed E-state index contributed by atoms with van der Waals surface area (Å²) in [7, 11) is 0. The first-order valence-electron chi connectivity index (χ1n) is 6.75. The number of anilines is 1. The van der Waals surface area contributed by atoms with E-state index in [4.69, 9.17) is 11.6 Å². The minimum absolute atomic E-state index is 0.176. The summed E-state index contributed by atoms with van der Waals surface area (Å²) in [5.41, 5.74) is 0.210. The van der Waals surface area contributed by atoms with Gasteiger partial charge < -0.3 is 10.4 Å². The third-order valence-corrected chi connectivity index (χ3v) is 3.80. The molecule has 1 aromatic heterocycles. The molecule has 0 saturated heterocycles. The van der Waals surface area contributed by atoms with Crippen molar-refractivity contribution in [2.24, 2.45) is 5.92 Å². The molecule has 1 aliphatic carbocycles. The summed E-state index contributed by atoms with van der Waals surface area (Å²) in [6.07, 6.45) is 5.26. The van der Waals surface area contributed by atoms with Crippen molar-refractivity contribution in [1.82, 2.24) is 9.78 Å². The number of aliphatic hydroxyl groups excluding tert-OH is 1. The Bertz CT molecular complexity index is 483. The van der Waals surface area contributed by atoms with Crippen LogP contribution in [0.2, 0.25) is 5.02 Å². The number of hydrogen-bond acceptors (Lipinski definition) is 4. The second kappa shape index (κ2) is 6.39. The van der Waals surface area contributed by atoms with E-state index in [0.29, 0.717) is 36.1 Å². The lowest BCUT2D eigenvalue weighted by Crippen LogP contribution is -2.31. The van der Waals surface area contributed by atoms with Crippen LogP contribution in [-0.2, 0) is 6.54 Å². The van der Waals surface area contributed by atoms with Crippen molar-refractivity contribution < 1.29 is 5.11 Å². The second-order valence-corrected chi connectivity index (χ2v) is 5.62. The smallest absolute Gasteiger partial charge is 0.291 e. The van der Waals surface area contributed by atoms with E-state index in [0.717, 1.165) is 0 Å². The molecule has 0 aliphatic heterocycles. The van der Waals surface area contributed by atoms with E-state index in [-0.39, 0.29) is 5.56 Å². The van der Waals surface area contributed by atoms with Crippen LogP contribution in [0.15, 0.2) is 11.0 Å². The summed E-state index contributed by atoms with van der Waals surface area (Å²) in [6.45, 7) is 2.89. The van der Waals surface area contributed by atoms with Crippen LogP contribution in [0.4, 0.5) is 5.69 Å². The lowest BCUT2D eigenvalue weighted by Gasteiger charge is -2.25. The molecule has 0 radical (unpaired) electrons. The number of hydrogen-bond donors (Lipinski definition) is 2. The Morgan fingerprint density at radius 2 is 2.37 bits per heavy atom. The molecule has 1 aliphatic rings. The molecule has 2 rings (SSSR count). The summed E-state index contributed by atoms with van der Waals surface area (Å²) >= 11 is 6.00. The van der Waals surface area contributed by atoms with Gasteiger partial charge in [-0.25, -0.2) is 4.68 Å². The fraction of sp³-hybridized carbons (Fsp3) is 0.692. The van der Waals surface area contributed by atoms with E-state index in [1.807, 2.05) is 0 Å². The normalized spacial score (nSPS) is 17.0. The van der Waals surface area contributed by atoms with E-state index < -0.39 is 6.10 Å². The average Bonchev–Trinajstić information content (AvgIpc) is 2.30. The molecule has 106 valence electrons. The highest BCUT2D eigenvalue weighted by Crippen LogP contribution is 2.27. The second-order valence-electron chi connectivity index (χ2n) is 5.22. The highest BCUT2D eigenvalue weighted by molar-refractivity contribution is 6.32. The molecule has 5 nitrogen and oxygen atoms in total. The SMILES string of the molecule is CC(O)CCNc1c(Cl)cnn(CC2CCC2)c1=O. The minimum atomic E-state index is -0.398. The standard InChI is InChI=1S/C13H20ClN3O2/c1-9(18)5-6-15-12-11(14)7-16-17(13(12)19)8-10-3-2-4-10/h7,9-10,15,18H,2-6,8H2,1H3. The monoisotopic (exact) mass is 285 g/mol. The van der Waals surface area contributed by atoms with Gasteiger partial charge in [-0.3, -0.25) is 4.79 Å². The molecule has 0 aromatic carbocycles. The molecule has 6 heteroatoms. The Labute approximate surface area is 117 Å². The number of aromatic nitrogens is 2. The number of nitrogens with one attached hydrogen (secondary N) is 1. The first-order chi connectivity index (χ1) is 9.08. The molecule has 0 spiro atoms. The van der Waals surface area contributed by atoms with E-state index >= 15 is 0 Å². The Balaban J connectivity index is 2.07. The van der Waals surface area contributed by atoms with E-state index in [1.54, 1.807) is 6.92 Å². The van der Waals surface area contributed by atoms with E-state index in [1.165, 1.54) is 30.1 Å². The Morgan fingerprint density at radius 3 is 2.95 bits per heavy atom. The molecule has 1 atom stereocenters. The lowest BCUT2D eigenvalue weighted by molar-refractivity contribution is 0.188. The van der Waals surface area contributed by atoms with Crippen molar-refractivity contribution in [1.29, 1.82) is 0 Å². The van der Waals surface area contributed by atoms with Gasteiger partial charge in [0.15, 0.2) is 0 Å². The first-order valence-corrected chi connectivity index (χ1v) is 7.13. The van der Waals surface area contributed by atoms with Crippen LogP contribution in [0.25, 0.3) is 0 Å². The van der Waals surface area contributed by atoms with Crippen LogP contribution in [0.5, 0.6) is 0 Å². The van der Waals surface area contributed by atoms with Gasteiger partial charge in [-0.05, 0) is 32.1 Å². The molecular formula is C13H20ClN3O2. The molecule has 1 saturated carbocycles. The number of halogens is 1. The first kappa shape index (κ1) is 14.3. The number of rotatable bonds is 6. The summed E-state index contributed by atoms with van der Waals surface area (Å²) in [5, 5.41) is 16.6. The van der Waals surface area contributed by atoms with Gasteiger partial charge in [0.05, 0.1) is 17.3 Å². The predicted octanol–water partition coefficient (Wildman–Crippen LogP) is 1.88.